The fraction of sp³-hybridized carbons (Fsp3) is 0.743. The number of carbonyl (C=O) groups excluding carboxylic acids is 3. The molecule has 3 unspecified atom stereocenters. The molecule has 1 aromatic carbocycles. The van der Waals surface area contributed by atoms with Gasteiger partial charge in [0.15, 0.2) is 0 Å². The molecule has 6 rings (SSSR count). The highest BCUT2D eigenvalue weighted by molar-refractivity contribution is 6.07. The molecule has 5 atom stereocenters. The van der Waals surface area contributed by atoms with Crippen LogP contribution in [0.4, 0.5) is 4.79 Å². The number of carbonyl (C=O) groups is 3. The normalized spacial score (nSPS) is 32.7. The number of fused-ring (bicyclic) bond motifs is 2. The minimum atomic E-state index is -0.744. The summed E-state index contributed by atoms with van der Waals surface area (Å²) in [5.41, 5.74) is 0.527. The van der Waals surface area contributed by atoms with Gasteiger partial charge in [0, 0.05) is 69.2 Å². The molecule has 1 aromatic rings. The number of rotatable bonds is 7. The number of ether oxygens (including phenoxy) is 1. The van der Waals surface area contributed by atoms with Gasteiger partial charge in [0.05, 0.1) is 6.61 Å². The van der Waals surface area contributed by atoms with Crippen LogP contribution in [0.2, 0.25) is 0 Å². The summed E-state index contributed by atoms with van der Waals surface area (Å²) in [4.78, 5) is 49.8. The molecule has 0 radical (unpaired) electrons. The Kier molecular flexibility index (Phi) is 9.75. The molecular formula is C35H53ClN4O4. The van der Waals surface area contributed by atoms with Crippen LogP contribution in [-0.2, 0) is 14.3 Å². The zero-order valence-corrected chi connectivity index (χ0v) is 28.2. The monoisotopic (exact) mass is 628 g/mol. The van der Waals surface area contributed by atoms with E-state index in [9.17, 15) is 14.4 Å². The molecular weight excluding hydrogens is 576 g/mol. The van der Waals surface area contributed by atoms with Crippen molar-refractivity contribution in [3.8, 4) is 0 Å². The molecule has 244 valence electrons. The van der Waals surface area contributed by atoms with Crippen molar-refractivity contribution in [2.24, 2.45) is 17.3 Å². The van der Waals surface area contributed by atoms with Crippen LogP contribution < -0.4 is 0 Å². The number of piperidine rings is 1. The lowest BCUT2D eigenvalue weighted by Crippen LogP contribution is -2.62. The molecule has 5 aliphatic heterocycles. The molecule has 0 N–H and O–H groups in total. The molecule has 5 aliphatic rings. The highest BCUT2D eigenvalue weighted by atomic mass is 35.5. The third-order valence-electron chi connectivity index (χ3n) is 10.8. The molecule has 44 heavy (non-hydrogen) atoms. The van der Waals surface area contributed by atoms with Gasteiger partial charge in [0.25, 0.3) is 5.91 Å². The Bertz CT molecular complexity index is 1180. The van der Waals surface area contributed by atoms with Crippen LogP contribution in [0.3, 0.4) is 0 Å². The fourth-order valence-corrected chi connectivity index (χ4v) is 9.00. The van der Waals surface area contributed by atoms with Gasteiger partial charge in [0.2, 0.25) is 5.91 Å². The van der Waals surface area contributed by atoms with Gasteiger partial charge in [-0.1, -0.05) is 51.1 Å². The molecule has 0 aromatic heterocycles. The summed E-state index contributed by atoms with van der Waals surface area (Å²) in [5.74, 6) is 1.14. The summed E-state index contributed by atoms with van der Waals surface area (Å²) in [6, 6.07) is 11.1. The maximum atomic E-state index is 14.3. The molecule has 1 spiro atoms. The summed E-state index contributed by atoms with van der Waals surface area (Å²) >= 11 is 0. The largest absolute Gasteiger partial charge is 0.381 e. The van der Waals surface area contributed by atoms with Crippen molar-refractivity contribution in [2.45, 2.75) is 109 Å². The number of likely N-dealkylation sites (tertiary alicyclic amines) is 1. The highest BCUT2D eigenvalue weighted by Gasteiger charge is 2.63. The molecule has 0 aliphatic carbocycles. The van der Waals surface area contributed by atoms with Crippen LogP contribution in [0.25, 0.3) is 0 Å². The topological polar surface area (TPSA) is 73.4 Å². The Morgan fingerprint density at radius 3 is 2.27 bits per heavy atom. The predicted octanol–water partition coefficient (Wildman–Crippen LogP) is 5.55. The molecule has 9 heteroatoms. The van der Waals surface area contributed by atoms with E-state index in [1.165, 1.54) is 5.56 Å². The number of halogens is 1. The van der Waals surface area contributed by atoms with Gasteiger partial charge in [-0.2, -0.15) is 0 Å². The summed E-state index contributed by atoms with van der Waals surface area (Å²) in [7, 11) is 0. The second kappa shape index (κ2) is 12.9. The van der Waals surface area contributed by atoms with E-state index in [0.29, 0.717) is 44.2 Å². The van der Waals surface area contributed by atoms with E-state index in [4.69, 9.17) is 4.74 Å². The number of nitrogens with zero attached hydrogens (tertiary/aromatic N) is 4. The first-order chi connectivity index (χ1) is 20.5. The predicted molar refractivity (Wildman–Crippen MR) is 174 cm³/mol. The Morgan fingerprint density at radius 2 is 1.68 bits per heavy atom. The third-order valence-corrected chi connectivity index (χ3v) is 10.8. The van der Waals surface area contributed by atoms with Gasteiger partial charge in [-0.05, 0) is 69.3 Å². The SMILES string of the molecule is CC(C)N1C(=O)N(CC2CCCOC2)C(=O)C12CC1CCC(C2)N1C[C@H]1CN(C(=O)CC(C)(C)C)C[C@@H]1c1ccccc1.Cl. The van der Waals surface area contributed by atoms with Gasteiger partial charge in [0.1, 0.15) is 5.54 Å². The number of hydrogen-bond acceptors (Lipinski definition) is 5. The molecule has 4 amide bonds. The molecule has 5 heterocycles. The molecule has 5 fully saturated rings. The first kappa shape index (κ1) is 33.2. The number of amides is 4. The maximum Gasteiger partial charge on any atom is 0.327 e. The number of benzene rings is 1. The number of imide groups is 1. The van der Waals surface area contributed by atoms with E-state index >= 15 is 0 Å². The minimum absolute atomic E-state index is 0. The van der Waals surface area contributed by atoms with E-state index in [1.807, 2.05) is 4.90 Å². The Morgan fingerprint density at radius 1 is 1.00 bits per heavy atom. The average molecular weight is 629 g/mol. The summed E-state index contributed by atoms with van der Waals surface area (Å²) in [6.07, 6.45) is 6.09. The third kappa shape index (κ3) is 6.28. The standard InChI is InChI=1S/C35H52N4O4.ClH/c1-24(2)39-33(42)38(19-25-10-9-15-43-23-25)32(41)35(39)16-28-13-14-29(17-35)37(28)21-27-20-36(31(40)18-34(3,4)5)22-30(27)26-11-7-6-8-12-26;/h6-8,11-12,24-25,27-30H,9-10,13-23H2,1-5H3;1H/t25?,27-,28?,29?,30-,35?;/m1./s1. The Labute approximate surface area is 270 Å². The average Bonchev–Trinajstić information content (AvgIpc) is 3.54. The van der Waals surface area contributed by atoms with Crippen molar-refractivity contribution >= 4 is 30.3 Å². The second-order valence-corrected chi connectivity index (χ2v) is 15.6. The van der Waals surface area contributed by atoms with E-state index in [2.05, 4.69) is 74.8 Å². The smallest absolute Gasteiger partial charge is 0.327 e. The van der Waals surface area contributed by atoms with Gasteiger partial charge in [-0.3, -0.25) is 19.4 Å². The number of hydrogen-bond donors (Lipinski definition) is 0. The lowest BCUT2D eigenvalue weighted by molar-refractivity contribution is -0.139. The van der Waals surface area contributed by atoms with Crippen molar-refractivity contribution in [3.63, 3.8) is 0 Å². The Balaban J connectivity index is 0.00000384. The van der Waals surface area contributed by atoms with Crippen molar-refractivity contribution in [2.75, 3.05) is 39.4 Å². The van der Waals surface area contributed by atoms with Gasteiger partial charge in [-0.25, -0.2) is 4.79 Å². The summed E-state index contributed by atoms with van der Waals surface area (Å²) < 4.78 is 5.69. The maximum absolute atomic E-state index is 14.3. The second-order valence-electron chi connectivity index (χ2n) is 15.6. The molecule has 8 nitrogen and oxygen atoms in total. The van der Waals surface area contributed by atoms with Gasteiger partial charge >= 0.3 is 6.03 Å². The first-order valence-electron chi connectivity index (χ1n) is 16.8. The van der Waals surface area contributed by atoms with Crippen LogP contribution in [0.1, 0.15) is 91.0 Å². The lowest BCUT2D eigenvalue weighted by Gasteiger charge is -2.48. The van der Waals surface area contributed by atoms with Crippen molar-refractivity contribution in [1.82, 2.24) is 19.6 Å². The summed E-state index contributed by atoms with van der Waals surface area (Å²) in [5, 5.41) is 0. The van der Waals surface area contributed by atoms with Crippen molar-refractivity contribution in [3.05, 3.63) is 35.9 Å². The van der Waals surface area contributed by atoms with Crippen LogP contribution in [0, 0.1) is 17.3 Å². The first-order valence-corrected chi connectivity index (χ1v) is 16.8. The quantitative estimate of drug-likeness (QED) is 0.370. The van der Waals surface area contributed by atoms with Crippen LogP contribution in [0.5, 0.6) is 0 Å². The minimum Gasteiger partial charge on any atom is -0.381 e. The van der Waals surface area contributed by atoms with E-state index in [0.717, 1.165) is 51.9 Å². The highest BCUT2D eigenvalue weighted by Crippen LogP contribution is 2.49. The van der Waals surface area contributed by atoms with Gasteiger partial charge in [-0.15, -0.1) is 12.4 Å². The van der Waals surface area contributed by atoms with E-state index in [-0.39, 0.29) is 59.7 Å². The van der Waals surface area contributed by atoms with E-state index in [1.54, 1.807) is 4.90 Å². The van der Waals surface area contributed by atoms with E-state index < -0.39 is 5.54 Å². The zero-order chi connectivity index (χ0) is 30.5. The molecule has 0 saturated carbocycles. The lowest BCUT2D eigenvalue weighted by atomic mass is 9.79. The zero-order valence-electron chi connectivity index (χ0n) is 27.4. The number of urea groups is 1. The summed E-state index contributed by atoms with van der Waals surface area (Å²) in [6.45, 7) is 14.9. The molecule has 5 saturated heterocycles. The van der Waals surface area contributed by atoms with Crippen LogP contribution >= 0.6 is 12.4 Å². The van der Waals surface area contributed by atoms with Crippen molar-refractivity contribution in [1.29, 1.82) is 0 Å². The van der Waals surface area contributed by atoms with Crippen molar-refractivity contribution < 1.29 is 19.1 Å². The molecule has 2 bridgehead atoms. The van der Waals surface area contributed by atoms with Crippen LogP contribution in [0.15, 0.2) is 30.3 Å². The fourth-order valence-electron chi connectivity index (χ4n) is 9.00. The van der Waals surface area contributed by atoms with Crippen LogP contribution in [-0.4, -0.2) is 101 Å². The Hall–Kier alpha value is -2.16. The van der Waals surface area contributed by atoms with Gasteiger partial charge < -0.3 is 14.5 Å².